The molecule has 1 aromatic carbocycles. The van der Waals surface area contributed by atoms with Crippen LogP contribution >= 0.6 is 27.5 Å². The van der Waals surface area contributed by atoms with Crippen molar-refractivity contribution in [2.24, 2.45) is 0 Å². The molecule has 0 saturated carbocycles. The summed E-state index contributed by atoms with van der Waals surface area (Å²) in [5, 5.41) is 0. The molecule has 0 aliphatic rings. The van der Waals surface area contributed by atoms with E-state index < -0.39 is 6.36 Å². The summed E-state index contributed by atoms with van der Waals surface area (Å²) in [5.74, 6) is -0.335. The Morgan fingerprint density at radius 3 is 2.47 bits per heavy atom. The van der Waals surface area contributed by atoms with Crippen LogP contribution in [-0.4, -0.2) is 6.36 Å². The van der Waals surface area contributed by atoms with Crippen molar-refractivity contribution in [1.82, 2.24) is 0 Å². The molecule has 0 heterocycles. The predicted molar refractivity (Wildman–Crippen MR) is 54.8 cm³/mol. The highest BCUT2D eigenvalue weighted by molar-refractivity contribution is 9.10. The monoisotopic (exact) mass is 303 g/mol. The summed E-state index contributed by atoms with van der Waals surface area (Å²) < 4.78 is 39.8. The lowest BCUT2D eigenvalue weighted by Gasteiger charge is -2.12. The molecule has 84 valence electrons. The smallest absolute Gasteiger partial charge is 0.406 e. The van der Waals surface area contributed by atoms with Gasteiger partial charge >= 0.3 is 6.36 Å². The van der Waals surface area contributed by atoms with E-state index in [2.05, 4.69) is 20.7 Å². The Labute approximate surface area is 97.3 Å². The first kappa shape index (κ1) is 12.4. The van der Waals surface area contributed by atoms with Crippen molar-refractivity contribution in [2.75, 3.05) is 5.73 Å². The van der Waals surface area contributed by atoms with E-state index in [4.69, 9.17) is 17.3 Å². The molecule has 0 aliphatic carbocycles. The van der Waals surface area contributed by atoms with Gasteiger partial charge < -0.3 is 10.5 Å². The maximum absolute atomic E-state index is 11.9. The van der Waals surface area contributed by atoms with Gasteiger partial charge in [-0.15, -0.1) is 24.8 Å². The second kappa shape index (κ2) is 4.49. The molecule has 0 radical (unpaired) electrons. The minimum Gasteiger partial charge on any atom is -0.406 e. The molecule has 0 fully saturated rings. The van der Waals surface area contributed by atoms with Crippen molar-refractivity contribution < 1.29 is 17.9 Å². The van der Waals surface area contributed by atoms with Gasteiger partial charge in [-0.05, 0) is 33.6 Å². The lowest BCUT2D eigenvalue weighted by molar-refractivity contribution is -0.274. The number of nitrogens with two attached hydrogens (primary N) is 1. The van der Waals surface area contributed by atoms with E-state index in [9.17, 15) is 13.2 Å². The topological polar surface area (TPSA) is 35.2 Å². The molecule has 0 amide bonds. The molecule has 7 heteroatoms. The molecule has 0 atom stereocenters. The van der Waals surface area contributed by atoms with E-state index in [1.807, 2.05) is 0 Å². The predicted octanol–water partition coefficient (Wildman–Crippen LogP) is 3.67. The summed E-state index contributed by atoms with van der Waals surface area (Å²) in [6.07, 6.45) is -4.72. The van der Waals surface area contributed by atoms with Gasteiger partial charge in [0.05, 0.1) is 5.69 Å². The highest BCUT2D eigenvalue weighted by atomic mass is 79.9. The van der Waals surface area contributed by atoms with Gasteiger partial charge in [0.1, 0.15) is 5.75 Å². The second-order valence-electron chi connectivity index (χ2n) is 2.66. The van der Waals surface area contributed by atoms with Crippen LogP contribution in [0.4, 0.5) is 18.9 Å². The summed E-state index contributed by atoms with van der Waals surface area (Å²) in [5.41, 5.74) is 6.24. The van der Waals surface area contributed by atoms with Gasteiger partial charge in [-0.25, -0.2) is 0 Å². The van der Waals surface area contributed by atoms with Gasteiger partial charge in [-0.3, -0.25) is 0 Å². The largest absolute Gasteiger partial charge is 0.573 e. The maximum atomic E-state index is 11.9. The third-order valence-electron chi connectivity index (χ3n) is 1.57. The Bertz CT molecular complexity index is 370. The van der Waals surface area contributed by atoms with Crippen molar-refractivity contribution in [3.63, 3.8) is 0 Å². The highest BCUT2D eigenvalue weighted by Crippen LogP contribution is 2.32. The SMILES string of the molecule is Nc1c(Br)cc(OC(F)(F)F)cc1CCl. The van der Waals surface area contributed by atoms with Crippen molar-refractivity contribution in [2.45, 2.75) is 12.2 Å². The van der Waals surface area contributed by atoms with Crippen LogP contribution < -0.4 is 10.5 Å². The number of nitrogen functional groups attached to an aromatic ring is 1. The molecular formula is C8H6BrClF3NO. The number of rotatable bonds is 2. The molecule has 15 heavy (non-hydrogen) atoms. The molecule has 0 saturated heterocycles. The number of benzene rings is 1. The third-order valence-corrected chi connectivity index (χ3v) is 2.51. The van der Waals surface area contributed by atoms with Gasteiger partial charge in [-0.2, -0.15) is 0 Å². The van der Waals surface area contributed by atoms with E-state index in [1.54, 1.807) is 0 Å². The van der Waals surface area contributed by atoms with E-state index in [-0.39, 0.29) is 11.6 Å². The number of hydrogen-bond donors (Lipinski definition) is 1. The molecule has 0 bridgehead atoms. The third kappa shape index (κ3) is 3.46. The fraction of sp³-hybridized carbons (Fsp3) is 0.250. The van der Waals surface area contributed by atoms with Gasteiger partial charge in [0, 0.05) is 10.4 Å². The summed E-state index contributed by atoms with van der Waals surface area (Å²) in [4.78, 5) is 0. The normalized spacial score (nSPS) is 11.5. The van der Waals surface area contributed by atoms with Crippen LogP contribution in [0.2, 0.25) is 0 Å². The first-order valence-electron chi connectivity index (χ1n) is 3.73. The molecule has 0 aliphatic heterocycles. The summed E-state index contributed by atoms with van der Waals surface area (Å²) >= 11 is 8.52. The zero-order valence-electron chi connectivity index (χ0n) is 7.24. The Morgan fingerprint density at radius 1 is 1.40 bits per heavy atom. The van der Waals surface area contributed by atoms with E-state index >= 15 is 0 Å². The van der Waals surface area contributed by atoms with Gasteiger partial charge in [0.15, 0.2) is 0 Å². The summed E-state index contributed by atoms with van der Waals surface area (Å²) in [6, 6.07) is 2.29. The second-order valence-corrected chi connectivity index (χ2v) is 3.78. The van der Waals surface area contributed by atoms with Gasteiger partial charge in [0.2, 0.25) is 0 Å². The number of halogens is 5. The van der Waals surface area contributed by atoms with Crippen molar-refractivity contribution >= 4 is 33.2 Å². The Morgan fingerprint density at radius 2 is 2.00 bits per heavy atom. The first-order valence-corrected chi connectivity index (χ1v) is 5.06. The molecule has 2 nitrogen and oxygen atoms in total. The molecule has 1 aromatic rings. The van der Waals surface area contributed by atoms with Crippen molar-refractivity contribution in [3.8, 4) is 5.75 Å². The number of anilines is 1. The van der Waals surface area contributed by atoms with Crippen LogP contribution in [-0.2, 0) is 5.88 Å². The lowest BCUT2D eigenvalue weighted by Crippen LogP contribution is -2.17. The van der Waals surface area contributed by atoms with Crippen LogP contribution in [0.1, 0.15) is 5.56 Å². The average molecular weight is 304 g/mol. The van der Waals surface area contributed by atoms with Crippen molar-refractivity contribution in [1.29, 1.82) is 0 Å². The summed E-state index contributed by atoms with van der Waals surface area (Å²) in [7, 11) is 0. The summed E-state index contributed by atoms with van der Waals surface area (Å²) in [6.45, 7) is 0. The minimum atomic E-state index is -4.72. The molecule has 2 N–H and O–H groups in total. The standard InChI is InChI=1S/C8H6BrClF3NO/c9-6-2-5(15-8(11,12)13)1-4(3-10)7(6)14/h1-2H,3,14H2. The maximum Gasteiger partial charge on any atom is 0.573 e. The van der Waals surface area contributed by atoms with Crippen LogP contribution in [0.3, 0.4) is 0 Å². The highest BCUT2D eigenvalue weighted by Gasteiger charge is 2.31. The molecule has 0 spiro atoms. The zero-order chi connectivity index (χ0) is 11.6. The molecular weight excluding hydrogens is 298 g/mol. The fourth-order valence-corrected chi connectivity index (χ4v) is 1.65. The minimum absolute atomic E-state index is 0.0134. The van der Waals surface area contributed by atoms with Gasteiger partial charge in [0.25, 0.3) is 0 Å². The van der Waals surface area contributed by atoms with E-state index in [0.29, 0.717) is 15.7 Å². The molecule has 1 rings (SSSR count). The van der Waals surface area contributed by atoms with Crippen LogP contribution in [0.25, 0.3) is 0 Å². The van der Waals surface area contributed by atoms with Crippen LogP contribution in [0.5, 0.6) is 5.75 Å². The Balaban J connectivity index is 3.06. The van der Waals surface area contributed by atoms with Crippen LogP contribution in [0, 0.1) is 0 Å². The molecule has 0 aromatic heterocycles. The number of alkyl halides is 4. The quantitative estimate of drug-likeness (QED) is 0.668. The average Bonchev–Trinajstić information content (AvgIpc) is 2.08. The zero-order valence-corrected chi connectivity index (χ0v) is 9.58. The van der Waals surface area contributed by atoms with E-state index in [1.165, 1.54) is 0 Å². The lowest BCUT2D eigenvalue weighted by atomic mass is 10.2. The van der Waals surface area contributed by atoms with Crippen LogP contribution in [0.15, 0.2) is 16.6 Å². The Kier molecular flexibility index (Phi) is 3.72. The number of hydrogen-bond acceptors (Lipinski definition) is 2. The van der Waals surface area contributed by atoms with Crippen molar-refractivity contribution in [3.05, 3.63) is 22.2 Å². The van der Waals surface area contributed by atoms with E-state index in [0.717, 1.165) is 12.1 Å². The fourth-order valence-electron chi connectivity index (χ4n) is 0.950. The van der Waals surface area contributed by atoms with Gasteiger partial charge in [-0.1, -0.05) is 0 Å². The Hall–Kier alpha value is -0.620. The molecule has 0 unspecified atom stereocenters. The number of ether oxygens (including phenoxy) is 1. The first-order chi connectivity index (χ1) is 6.83.